The van der Waals surface area contributed by atoms with Gasteiger partial charge in [-0.15, -0.1) is 0 Å². The summed E-state index contributed by atoms with van der Waals surface area (Å²) < 4.78 is 0. The summed E-state index contributed by atoms with van der Waals surface area (Å²) >= 11 is 0. The highest BCUT2D eigenvalue weighted by Gasteiger charge is 1.94. The second kappa shape index (κ2) is 5.22. The molecule has 0 heterocycles. The number of ketones is 1. The van der Waals surface area contributed by atoms with Crippen LogP contribution in [0.25, 0.3) is 0 Å². The third kappa shape index (κ3) is 4.94. The van der Waals surface area contributed by atoms with Gasteiger partial charge in [-0.05, 0) is 6.92 Å². The van der Waals surface area contributed by atoms with E-state index in [1.54, 1.807) is 12.2 Å². The Bertz CT molecular complexity index is 125. The van der Waals surface area contributed by atoms with E-state index in [4.69, 9.17) is 0 Å². The number of hydrogen-bond donors (Lipinski definition) is 0. The molecule has 2 nitrogen and oxygen atoms in total. The lowest BCUT2D eigenvalue weighted by Gasteiger charge is -1.84. The van der Waals surface area contributed by atoms with E-state index < -0.39 is 0 Å². The average Bonchev–Trinajstić information content (AvgIpc) is 1.85. The molecule has 0 aliphatic rings. The summed E-state index contributed by atoms with van der Waals surface area (Å²) in [5, 5.41) is 0. The molecule has 0 aromatic carbocycles. The molecule has 2 heteroatoms. The van der Waals surface area contributed by atoms with Gasteiger partial charge >= 0.3 is 0 Å². The van der Waals surface area contributed by atoms with Gasteiger partial charge in [0.25, 0.3) is 0 Å². The normalized spacial score (nSPS) is 9.89. The van der Waals surface area contributed by atoms with Crippen LogP contribution in [0.1, 0.15) is 19.8 Å². The molecule has 0 bridgehead atoms. The number of rotatable bonds is 4. The first-order valence-corrected chi connectivity index (χ1v) is 2.87. The smallest absolute Gasteiger partial charge is 0.143 e. The zero-order chi connectivity index (χ0) is 7.11. The number of carbonyl (C=O) groups excluding carboxylic acids is 2. The van der Waals surface area contributed by atoms with E-state index in [1.165, 1.54) is 0 Å². The quantitative estimate of drug-likeness (QED) is 0.321. The first-order chi connectivity index (χ1) is 4.31. The van der Waals surface area contributed by atoms with Crippen molar-refractivity contribution < 1.29 is 9.59 Å². The average molecular weight is 126 g/mol. The second-order valence-electron chi connectivity index (χ2n) is 1.68. The highest BCUT2D eigenvalue weighted by Crippen LogP contribution is 1.87. The van der Waals surface area contributed by atoms with Crippen LogP contribution in [-0.2, 0) is 9.59 Å². The molecule has 0 N–H and O–H groups in total. The van der Waals surface area contributed by atoms with Gasteiger partial charge in [-0.2, -0.15) is 0 Å². The van der Waals surface area contributed by atoms with E-state index >= 15 is 0 Å². The molecule has 50 valence electrons. The summed E-state index contributed by atoms with van der Waals surface area (Å²) in [5.41, 5.74) is 0. The van der Waals surface area contributed by atoms with Crippen LogP contribution in [0, 0.1) is 0 Å². The molecular weight excluding hydrogens is 116 g/mol. The second-order valence-corrected chi connectivity index (χ2v) is 1.68. The topological polar surface area (TPSA) is 34.1 Å². The lowest BCUT2D eigenvalue weighted by molar-refractivity contribution is -0.121. The van der Waals surface area contributed by atoms with Crippen LogP contribution in [0.4, 0.5) is 0 Å². The molecule has 0 atom stereocenters. The molecule has 0 aliphatic carbocycles. The van der Waals surface area contributed by atoms with Crippen LogP contribution in [0.2, 0.25) is 0 Å². The predicted molar refractivity (Wildman–Crippen MR) is 35.1 cm³/mol. The Morgan fingerprint density at radius 3 is 2.56 bits per heavy atom. The Kier molecular flexibility index (Phi) is 4.69. The Labute approximate surface area is 54.6 Å². The van der Waals surface area contributed by atoms with Crippen molar-refractivity contribution in [1.29, 1.82) is 0 Å². The van der Waals surface area contributed by atoms with Crippen LogP contribution < -0.4 is 0 Å². The fraction of sp³-hybridized carbons (Fsp3) is 0.429. The highest BCUT2D eigenvalue weighted by atomic mass is 16.1. The van der Waals surface area contributed by atoms with Crippen molar-refractivity contribution >= 4 is 12.1 Å². The summed E-state index contributed by atoms with van der Waals surface area (Å²) in [6, 6.07) is 0. The van der Waals surface area contributed by atoms with Gasteiger partial charge in [-0.1, -0.05) is 12.2 Å². The van der Waals surface area contributed by atoms with Crippen molar-refractivity contribution in [3.8, 4) is 0 Å². The summed E-state index contributed by atoms with van der Waals surface area (Å²) in [5.74, 6) is -0.0249. The fourth-order valence-corrected chi connectivity index (χ4v) is 0.426. The maximum absolute atomic E-state index is 10.5. The molecule has 0 aliphatic heterocycles. The number of allylic oxidation sites excluding steroid dienone is 2. The minimum Gasteiger partial charge on any atom is -0.303 e. The molecule has 9 heavy (non-hydrogen) atoms. The predicted octanol–water partition coefficient (Wildman–Crippen LogP) is 1.11. The van der Waals surface area contributed by atoms with E-state index in [9.17, 15) is 9.59 Å². The van der Waals surface area contributed by atoms with Crippen LogP contribution >= 0.6 is 0 Å². The van der Waals surface area contributed by atoms with Gasteiger partial charge in [-0.25, -0.2) is 0 Å². The van der Waals surface area contributed by atoms with Crippen LogP contribution in [0.15, 0.2) is 12.2 Å². The molecule has 0 fully saturated rings. The molecule has 0 rings (SSSR count). The highest BCUT2D eigenvalue weighted by molar-refractivity contribution is 5.90. The lowest BCUT2D eigenvalue weighted by Crippen LogP contribution is -1.94. The minimum atomic E-state index is -0.0249. The Hall–Kier alpha value is -0.920. The third-order valence-electron chi connectivity index (χ3n) is 0.892. The van der Waals surface area contributed by atoms with Gasteiger partial charge in [0.1, 0.15) is 12.1 Å². The van der Waals surface area contributed by atoms with Crippen molar-refractivity contribution in [1.82, 2.24) is 0 Å². The van der Waals surface area contributed by atoms with Crippen LogP contribution in [0.3, 0.4) is 0 Å². The Morgan fingerprint density at radius 1 is 1.44 bits per heavy atom. The van der Waals surface area contributed by atoms with Crippen molar-refractivity contribution in [2.24, 2.45) is 0 Å². The van der Waals surface area contributed by atoms with Crippen molar-refractivity contribution in [3.63, 3.8) is 0 Å². The Balaban J connectivity index is 3.38. The molecular formula is C7H10O2. The van der Waals surface area contributed by atoms with E-state index in [-0.39, 0.29) is 12.2 Å². The maximum atomic E-state index is 10.5. The number of aldehydes is 1. The van der Waals surface area contributed by atoms with Gasteiger partial charge in [0, 0.05) is 6.42 Å². The molecule has 0 radical (unpaired) electrons. The van der Waals surface area contributed by atoms with E-state index in [1.807, 2.05) is 6.92 Å². The van der Waals surface area contributed by atoms with Crippen molar-refractivity contribution in [2.45, 2.75) is 19.8 Å². The van der Waals surface area contributed by atoms with Crippen LogP contribution in [-0.4, -0.2) is 12.1 Å². The standard InChI is InChI=1S/C7H10O2/c1-2-3-4-7(9)5-6-8/h2-3,6H,4-5H2,1H3. The number of Topliss-reactive ketones (excluding diaryl/α,β-unsaturated/α-hetero) is 1. The third-order valence-corrected chi connectivity index (χ3v) is 0.892. The molecule has 0 saturated carbocycles. The molecule has 0 amide bonds. The largest absolute Gasteiger partial charge is 0.303 e. The molecule has 0 aromatic rings. The molecule has 0 unspecified atom stereocenters. The Morgan fingerprint density at radius 2 is 2.11 bits per heavy atom. The fourth-order valence-electron chi connectivity index (χ4n) is 0.426. The minimum absolute atomic E-state index is 0.0249. The monoisotopic (exact) mass is 126 g/mol. The zero-order valence-corrected chi connectivity index (χ0v) is 5.46. The number of hydrogen-bond acceptors (Lipinski definition) is 2. The van der Waals surface area contributed by atoms with Crippen LogP contribution in [0.5, 0.6) is 0 Å². The first kappa shape index (κ1) is 8.08. The van der Waals surface area contributed by atoms with Gasteiger partial charge in [0.2, 0.25) is 0 Å². The van der Waals surface area contributed by atoms with Crippen molar-refractivity contribution in [2.75, 3.05) is 0 Å². The SMILES string of the molecule is CC=CCC(=O)CC=O. The van der Waals surface area contributed by atoms with Gasteiger partial charge in [-0.3, -0.25) is 4.79 Å². The summed E-state index contributed by atoms with van der Waals surface area (Å²) in [6.45, 7) is 1.84. The summed E-state index contributed by atoms with van der Waals surface area (Å²) in [7, 11) is 0. The van der Waals surface area contributed by atoms with Gasteiger partial charge in [0.05, 0.1) is 6.42 Å². The first-order valence-electron chi connectivity index (χ1n) is 2.87. The van der Waals surface area contributed by atoms with Crippen molar-refractivity contribution in [3.05, 3.63) is 12.2 Å². The summed E-state index contributed by atoms with van der Waals surface area (Å²) in [4.78, 5) is 20.3. The van der Waals surface area contributed by atoms with E-state index in [0.29, 0.717) is 12.7 Å². The zero-order valence-electron chi connectivity index (χ0n) is 5.46. The van der Waals surface area contributed by atoms with E-state index in [0.717, 1.165) is 0 Å². The molecule has 0 aromatic heterocycles. The lowest BCUT2D eigenvalue weighted by atomic mass is 10.2. The molecule has 0 spiro atoms. The maximum Gasteiger partial charge on any atom is 0.143 e. The summed E-state index contributed by atoms with van der Waals surface area (Å²) in [6.07, 6.45) is 4.60. The van der Waals surface area contributed by atoms with E-state index in [2.05, 4.69) is 0 Å². The molecule has 0 saturated heterocycles. The van der Waals surface area contributed by atoms with Gasteiger partial charge in [0.15, 0.2) is 0 Å². The van der Waals surface area contributed by atoms with Gasteiger partial charge < -0.3 is 4.79 Å². The number of carbonyl (C=O) groups is 2.